The zero-order valence-electron chi connectivity index (χ0n) is 14.2. The summed E-state index contributed by atoms with van der Waals surface area (Å²) in [6, 6.07) is 9.75. The minimum absolute atomic E-state index is 0.0101. The zero-order valence-corrected chi connectivity index (χ0v) is 14.2. The fourth-order valence-electron chi connectivity index (χ4n) is 3.46. The van der Waals surface area contributed by atoms with Crippen LogP contribution in [0.15, 0.2) is 30.3 Å². The van der Waals surface area contributed by atoms with E-state index in [0.717, 1.165) is 17.8 Å². The predicted octanol–water partition coefficient (Wildman–Crippen LogP) is 0.968. The fraction of sp³-hybridized carbons (Fsp3) is 0.444. The summed E-state index contributed by atoms with van der Waals surface area (Å²) in [5, 5.41) is 1.18. The third-order valence-corrected chi connectivity index (χ3v) is 4.80. The first kappa shape index (κ1) is 16.5. The lowest BCUT2D eigenvalue weighted by molar-refractivity contribution is -0.142. The standard InChI is InChI=1S/C18H24N4O2/c1-13-11-14-5-3-4-6-15(14)21(13)8-7-17(23)22-10-9-20(2)12-16(22)18(19)24/h3-6,11,16H,7-10,12H2,1-2H3,(H2,19,24)/t16-/m1/s1. The van der Waals surface area contributed by atoms with Gasteiger partial charge in [-0.2, -0.15) is 0 Å². The van der Waals surface area contributed by atoms with E-state index >= 15 is 0 Å². The number of nitrogens with zero attached hydrogens (tertiary/aromatic N) is 3. The van der Waals surface area contributed by atoms with Gasteiger partial charge in [-0.15, -0.1) is 0 Å². The molecule has 6 heteroatoms. The molecule has 1 fully saturated rings. The van der Waals surface area contributed by atoms with Crippen LogP contribution in [0, 0.1) is 6.92 Å². The molecular weight excluding hydrogens is 304 g/mol. The number of nitrogens with two attached hydrogens (primary N) is 1. The molecule has 0 spiro atoms. The van der Waals surface area contributed by atoms with Crippen molar-refractivity contribution < 1.29 is 9.59 Å². The van der Waals surface area contributed by atoms with Crippen LogP contribution in [-0.4, -0.2) is 58.9 Å². The Morgan fingerprint density at radius 3 is 2.75 bits per heavy atom. The Bertz CT molecular complexity index is 767. The number of para-hydroxylation sites is 1. The molecular formula is C18H24N4O2. The van der Waals surface area contributed by atoms with Gasteiger partial charge >= 0.3 is 0 Å². The molecule has 24 heavy (non-hydrogen) atoms. The summed E-state index contributed by atoms with van der Waals surface area (Å²) >= 11 is 0. The van der Waals surface area contributed by atoms with E-state index in [9.17, 15) is 9.59 Å². The van der Waals surface area contributed by atoms with Crippen LogP contribution in [0.3, 0.4) is 0 Å². The highest BCUT2D eigenvalue weighted by molar-refractivity contribution is 5.87. The Hall–Kier alpha value is -2.34. The highest BCUT2D eigenvalue weighted by Crippen LogP contribution is 2.20. The van der Waals surface area contributed by atoms with Crippen LogP contribution in [0.2, 0.25) is 0 Å². The molecule has 2 N–H and O–H groups in total. The molecule has 1 aromatic heterocycles. The average molecular weight is 328 g/mol. The highest BCUT2D eigenvalue weighted by atomic mass is 16.2. The van der Waals surface area contributed by atoms with Crippen molar-refractivity contribution in [1.82, 2.24) is 14.4 Å². The second-order valence-electron chi connectivity index (χ2n) is 6.51. The van der Waals surface area contributed by atoms with E-state index < -0.39 is 11.9 Å². The maximum Gasteiger partial charge on any atom is 0.241 e. The second kappa shape index (κ2) is 6.65. The van der Waals surface area contributed by atoms with Gasteiger partial charge in [0.15, 0.2) is 0 Å². The molecule has 1 aliphatic rings. The summed E-state index contributed by atoms with van der Waals surface area (Å²) < 4.78 is 2.16. The predicted molar refractivity (Wildman–Crippen MR) is 93.5 cm³/mol. The molecule has 0 saturated carbocycles. The number of aryl methyl sites for hydroxylation is 2. The molecule has 2 aromatic rings. The number of hydrogen-bond donors (Lipinski definition) is 1. The molecule has 2 heterocycles. The highest BCUT2D eigenvalue weighted by Gasteiger charge is 2.32. The van der Waals surface area contributed by atoms with Crippen molar-refractivity contribution in [2.24, 2.45) is 5.73 Å². The number of fused-ring (bicyclic) bond motifs is 1. The van der Waals surface area contributed by atoms with E-state index in [1.165, 1.54) is 5.39 Å². The van der Waals surface area contributed by atoms with Crippen molar-refractivity contribution in [3.8, 4) is 0 Å². The molecule has 0 bridgehead atoms. The van der Waals surface area contributed by atoms with E-state index in [0.29, 0.717) is 26.1 Å². The summed E-state index contributed by atoms with van der Waals surface area (Å²) in [7, 11) is 1.94. The van der Waals surface area contributed by atoms with E-state index in [-0.39, 0.29) is 5.91 Å². The lowest BCUT2D eigenvalue weighted by Crippen LogP contribution is -2.59. The maximum absolute atomic E-state index is 12.6. The fourth-order valence-corrected chi connectivity index (χ4v) is 3.46. The van der Waals surface area contributed by atoms with Crippen LogP contribution in [0.4, 0.5) is 0 Å². The van der Waals surface area contributed by atoms with Crippen molar-refractivity contribution in [2.45, 2.75) is 25.9 Å². The van der Waals surface area contributed by atoms with Gasteiger partial charge in [0.2, 0.25) is 11.8 Å². The number of likely N-dealkylation sites (N-methyl/N-ethyl adjacent to an activating group) is 1. The number of amides is 2. The van der Waals surface area contributed by atoms with Crippen molar-refractivity contribution >= 4 is 22.7 Å². The third-order valence-electron chi connectivity index (χ3n) is 4.80. The first-order valence-corrected chi connectivity index (χ1v) is 8.29. The van der Waals surface area contributed by atoms with Crippen LogP contribution in [0.1, 0.15) is 12.1 Å². The lowest BCUT2D eigenvalue weighted by atomic mass is 10.1. The van der Waals surface area contributed by atoms with Gasteiger partial charge in [0.05, 0.1) is 0 Å². The second-order valence-corrected chi connectivity index (χ2v) is 6.51. The topological polar surface area (TPSA) is 71.6 Å². The van der Waals surface area contributed by atoms with Crippen LogP contribution >= 0.6 is 0 Å². The largest absolute Gasteiger partial charge is 0.368 e. The minimum atomic E-state index is -0.529. The van der Waals surface area contributed by atoms with Crippen LogP contribution in [-0.2, 0) is 16.1 Å². The Labute approximate surface area is 141 Å². The smallest absolute Gasteiger partial charge is 0.241 e. The van der Waals surface area contributed by atoms with Gasteiger partial charge in [0.25, 0.3) is 0 Å². The summed E-state index contributed by atoms with van der Waals surface area (Å²) in [5.74, 6) is -0.443. The SMILES string of the molecule is Cc1cc2ccccc2n1CCC(=O)N1CCN(C)C[C@@H]1C(N)=O. The molecule has 0 radical (unpaired) electrons. The first-order chi connectivity index (χ1) is 11.5. The zero-order chi connectivity index (χ0) is 17.3. The molecule has 0 unspecified atom stereocenters. The van der Waals surface area contributed by atoms with Gasteiger partial charge in [0.1, 0.15) is 6.04 Å². The van der Waals surface area contributed by atoms with Crippen molar-refractivity contribution in [3.63, 3.8) is 0 Å². The van der Waals surface area contributed by atoms with E-state index in [1.807, 2.05) is 31.0 Å². The van der Waals surface area contributed by atoms with Crippen molar-refractivity contribution in [1.29, 1.82) is 0 Å². The van der Waals surface area contributed by atoms with Crippen molar-refractivity contribution in [2.75, 3.05) is 26.7 Å². The number of benzene rings is 1. The van der Waals surface area contributed by atoms with Crippen LogP contribution < -0.4 is 5.73 Å². The van der Waals surface area contributed by atoms with Gasteiger partial charge in [-0.1, -0.05) is 18.2 Å². The number of carbonyl (C=O) groups is 2. The molecule has 1 aliphatic heterocycles. The number of carbonyl (C=O) groups excluding carboxylic acids is 2. The average Bonchev–Trinajstić information content (AvgIpc) is 2.87. The monoisotopic (exact) mass is 328 g/mol. The summed E-state index contributed by atoms with van der Waals surface area (Å²) in [5.41, 5.74) is 7.75. The van der Waals surface area contributed by atoms with Gasteiger partial charge in [0, 0.05) is 43.8 Å². The van der Waals surface area contributed by atoms with Crippen LogP contribution in [0.5, 0.6) is 0 Å². The summed E-state index contributed by atoms with van der Waals surface area (Å²) in [6.07, 6.45) is 0.368. The summed E-state index contributed by atoms with van der Waals surface area (Å²) in [6.45, 7) is 4.48. The van der Waals surface area contributed by atoms with E-state index in [2.05, 4.69) is 22.8 Å². The lowest BCUT2D eigenvalue weighted by Gasteiger charge is -2.38. The first-order valence-electron chi connectivity index (χ1n) is 8.29. The third kappa shape index (κ3) is 3.14. The molecule has 3 rings (SSSR count). The normalized spacial score (nSPS) is 18.9. The molecule has 128 valence electrons. The van der Waals surface area contributed by atoms with Crippen molar-refractivity contribution in [3.05, 3.63) is 36.0 Å². The quantitative estimate of drug-likeness (QED) is 0.909. The van der Waals surface area contributed by atoms with Gasteiger partial charge in [-0.25, -0.2) is 0 Å². The Kier molecular flexibility index (Phi) is 4.57. The number of aromatic nitrogens is 1. The molecule has 6 nitrogen and oxygen atoms in total. The molecule has 1 saturated heterocycles. The van der Waals surface area contributed by atoms with Gasteiger partial charge in [-0.3, -0.25) is 9.59 Å². The molecule has 0 aliphatic carbocycles. The Balaban J connectivity index is 1.72. The number of rotatable bonds is 4. The minimum Gasteiger partial charge on any atom is -0.368 e. The summed E-state index contributed by atoms with van der Waals surface area (Å²) in [4.78, 5) is 28.0. The van der Waals surface area contributed by atoms with E-state index in [1.54, 1.807) is 4.90 Å². The van der Waals surface area contributed by atoms with Crippen LogP contribution in [0.25, 0.3) is 10.9 Å². The molecule has 1 aromatic carbocycles. The number of primary amides is 1. The van der Waals surface area contributed by atoms with Gasteiger partial charge < -0.3 is 20.1 Å². The number of hydrogen-bond acceptors (Lipinski definition) is 3. The van der Waals surface area contributed by atoms with Gasteiger partial charge in [-0.05, 0) is 31.5 Å². The number of piperazine rings is 1. The molecule has 1 atom stereocenters. The molecule has 2 amide bonds. The Morgan fingerprint density at radius 2 is 2.00 bits per heavy atom. The maximum atomic E-state index is 12.6. The Morgan fingerprint density at radius 1 is 1.25 bits per heavy atom. The van der Waals surface area contributed by atoms with E-state index in [4.69, 9.17) is 5.73 Å².